The van der Waals surface area contributed by atoms with Gasteiger partial charge in [-0.05, 0) is 68.5 Å². The predicted octanol–water partition coefficient (Wildman–Crippen LogP) is 5.67. The number of anilines is 1. The van der Waals surface area contributed by atoms with E-state index in [1.807, 2.05) is 32.0 Å². The molecule has 2 unspecified atom stereocenters. The van der Waals surface area contributed by atoms with E-state index in [9.17, 15) is 18.0 Å². The number of benzene rings is 2. The molecule has 2 aliphatic rings. The summed E-state index contributed by atoms with van der Waals surface area (Å²) < 4.78 is 43.1. The summed E-state index contributed by atoms with van der Waals surface area (Å²) in [6.07, 6.45) is -2.70. The first-order valence-corrected chi connectivity index (χ1v) is 13.2. The number of nitrogens with zero attached hydrogens (tertiary/aromatic N) is 4. The predicted molar refractivity (Wildman–Crippen MR) is 142 cm³/mol. The molecule has 2 atom stereocenters. The second kappa shape index (κ2) is 10.6. The Kier molecular flexibility index (Phi) is 7.42. The minimum Gasteiger partial charge on any atom is -0.385 e. The van der Waals surface area contributed by atoms with Gasteiger partial charge in [-0.1, -0.05) is 35.4 Å². The van der Waals surface area contributed by atoms with E-state index in [1.165, 1.54) is 0 Å². The van der Waals surface area contributed by atoms with E-state index in [0.29, 0.717) is 13.1 Å². The van der Waals surface area contributed by atoms with Gasteiger partial charge in [0, 0.05) is 43.4 Å². The van der Waals surface area contributed by atoms with Gasteiger partial charge in [0.1, 0.15) is 0 Å². The molecule has 10 heteroatoms. The second-order valence-corrected chi connectivity index (χ2v) is 10.8. The quantitative estimate of drug-likeness (QED) is 0.389. The van der Waals surface area contributed by atoms with E-state index in [0.717, 1.165) is 65.3 Å². The van der Waals surface area contributed by atoms with E-state index in [-0.39, 0.29) is 17.5 Å². The molecule has 3 heterocycles. The van der Waals surface area contributed by atoms with Gasteiger partial charge in [0.05, 0.1) is 17.4 Å². The Morgan fingerprint density at radius 3 is 2.37 bits per heavy atom. The van der Waals surface area contributed by atoms with Gasteiger partial charge < -0.3 is 15.1 Å². The minimum absolute atomic E-state index is 0.268. The third kappa shape index (κ3) is 5.54. The Morgan fingerprint density at radius 1 is 1.05 bits per heavy atom. The van der Waals surface area contributed by atoms with Crippen molar-refractivity contribution in [1.82, 2.24) is 19.6 Å². The number of hydrogen-bond acceptors (Lipinski definition) is 4. The van der Waals surface area contributed by atoms with Crippen molar-refractivity contribution >= 4 is 23.2 Å². The lowest BCUT2D eigenvalue weighted by Crippen LogP contribution is -2.34. The number of halogens is 4. The van der Waals surface area contributed by atoms with Crippen LogP contribution in [0.4, 0.5) is 18.9 Å². The van der Waals surface area contributed by atoms with Gasteiger partial charge in [-0.2, -0.15) is 18.3 Å². The smallest absolute Gasteiger partial charge is 0.385 e. The van der Waals surface area contributed by atoms with Gasteiger partial charge in [0.2, 0.25) is 0 Å². The Hall–Kier alpha value is -3.04. The standard InChI is InChI=1S/C28H31ClF3N5O/c1-18-4-8-23(9-5-18)37-26(28(30,31)32)24(13-34-37)27(38)36-16-20-14-35(15-21(20)17-36)11-3-10-33-22-7-6-19(2)25(29)12-22/h4-9,12-13,20-21,33H,3,10-11,14-17H2,1-2H3. The summed E-state index contributed by atoms with van der Waals surface area (Å²) in [4.78, 5) is 17.2. The van der Waals surface area contributed by atoms with Crippen LogP contribution in [-0.4, -0.2) is 64.8 Å². The molecule has 0 saturated carbocycles. The van der Waals surface area contributed by atoms with Crippen LogP contribution >= 0.6 is 11.6 Å². The van der Waals surface area contributed by atoms with Crippen LogP contribution < -0.4 is 5.32 Å². The number of carbonyl (C=O) groups is 1. The van der Waals surface area contributed by atoms with Crippen molar-refractivity contribution in [3.63, 3.8) is 0 Å². The number of amides is 1. The Balaban J connectivity index is 1.17. The molecule has 5 rings (SSSR count). The number of nitrogens with one attached hydrogen (secondary N) is 1. The van der Waals surface area contributed by atoms with Crippen molar-refractivity contribution in [2.24, 2.45) is 11.8 Å². The SMILES string of the molecule is Cc1ccc(-n2ncc(C(=O)N3CC4CN(CCCNc5ccc(C)c(Cl)c5)CC4C3)c2C(F)(F)F)cc1. The molecule has 1 amide bonds. The average molecular weight is 546 g/mol. The fraction of sp³-hybridized carbons (Fsp3) is 0.429. The maximum Gasteiger partial charge on any atom is 0.434 e. The first-order valence-electron chi connectivity index (χ1n) is 12.8. The third-order valence-corrected chi connectivity index (χ3v) is 7.96. The van der Waals surface area contributed by atoms with Gasteiger partial charge >= 0.3 is 6.18 Å². The molecule has 1 aromatic heterocycles. The first-order chi connectivity index (χ1) is 18.1. The summed E-state index contributed by atoms with van der Waals surface area (Å²) in [5.74, 6) is -0.0637. The highest BCUT2D eigenvalue weighted by atomic mass is 35.5. The third-order valence-electron chi connectivity index (χ3n) is 7.55. The Bertz CT molecular complexity index is 1290. The maximum absolute atomic E-state index is 14.1. The lowest BCUT2D eigenvalue weighted by molar-refractivity contribution is -0.143. The number of likely N-dealkylation sites (tertiary alicyclic amines) is 2. The number of alkyl halides is 3. The summed E-state index contributed by atoms with van der Waals surface area (Å²) in [7, 11) is 0. The number of fused-ring (bicyclic) bond motifs is 1. The number of carbonyl (C=O) groups excluding carboxylic acids is 1. The fourth-order valence-electron chi connectivity index (χ4n) is 5.51. The molecular formula is C28H31ClF3N5O. The van der Waals surface area contributed by atoms with Crippen molar-refractivity contribution in [1.29, 1.82) is 0 Å². The number of hydrogen-bond donors (Lipinski definition) is 1. The molecule has 0 bridgehead atoms. The zero-order valence-electron chi connectivity index (χ0n) is 21.4. The van der Waals surface area contributed by atoms with Crippen LogP contribution in [0.1, 0.15) is 33.6 Å². The maximum atomic E-state index is 14.1. The fourth-order valence-corrected chi connectivity index (χ4v) is 5.69. The molecule has 2 aliphatic heterocycles. The molecule has 0 spiro atoms. The number of aryl methyl sites for hydroxylation is 2. The molecule has 0 aliphatic carbocycles. The minimum atomic E-state index is -4.71. The van der Waals surface area contributed by atoms with E-state index in [1.54, 1.807) is 29.2 Å². The highest BCUT2D eigenvalue weighted by Gasteiger charge is 2.45. The first kappa shape index (κ1) is 26.6. The highest BCUT2D eigenvalue weighted by Crippen LogP contribution is 2.37. The summed E-state index contributed by atoms with van der Waals surface area (Å²) in [5, 5.41) is 8.10. The lowest BCUT2D eigenvalue weighted by atomic mass is 10.0. The van der Waals surface area contributed by atoms with E-state index >= 15 is 0 Å². The molecular weight excluding hydrogens is 515 g/mol. The molecule has 2 aromatic carbocycles. The molecule has 2 fully saturated rings. The topological polar surface area (TPSA) is 53.4 Å². The van der Waals surface area contributed by atoms with E-state index in [4.69, 9.17) is 11.6 Å². The largest absolute Gasteiger partial charge is 0.434 e. The summed E-state index contributed by atoms with van der Waals surface area (Å²) in [6, 6.07) is 12.5. The summed E-state index contributed by atoms with van der Waals surface area (Å²) >= 11 is 6.19. The molecule has 1 N–H and O–H groups in total. The lowest BCUT2D eigenvalue weighted by Gasteiger charge is -2.22. The number of rotatable bonds is 7. The van der Waals surface area contributed by atoms with Crippen molar-refractivity contribution in [3.05, 3.63) is 76.1 Å². The summed E-state index contributed by atoms with van der Waals surface area (Å²) in [6.45, 7) is 8.20. The monoisotopic (exact) mass is 545 g/mol. The zero-order chi connectivity index (χ0) is 27.0. The van der Waals surface area contributed by atoms with Crippen LogP contribution in [0.5, 0.6) is 0 Å². The van der Waals surface area contributed by atoms with Crippen molar-refractivity contribution in [2.45, 2.75) is 26.4 Å². The van der Waals surface area contributed by atoms with Gasteiger partial charge in [0.25, 0.3) is 5.91 Å². The Labute approximate surface area is 225 Å². The van der Waals surface area contributed by atoms with Crippen LogP contribution in [0.3, 0.4) is 0 Å². The van der Waals surface area contributed by atoms with Gasteiger partial charge in [-0.15, -0.1) is 0 Å². The van der Waals surface area contributed by atoms with Crippen LogP contribution in [-0.2, 0) is 6.18 Å². The normalized spacial score (nSPS) is 19.7. The molecule has 3 aromatic rings. The molecule has 202 valence electrons. The van der Waals surface area contributed by atoms with Crippen molar-refractivity contribution in [3.8, 4) is 5.69 Å². The van der Waals surface area contributed by atoms with Crippen LogP contribution in [0.15, 0.2) is 48.7 Å². The number of aromatic nitrogens is 2. The molecule has 2 saturated heterocycles. The average Bonchev–Trinajstić information content (AvgIpc) is 3.57. The summed E-state index contributed by atoms with van der Waals surface area (Å²) in [5.41, 5.74) is 1.83. The highest BCUT2D eigenvalue weighted by molar-refractivity contribution is 6.31. The molecule has 38 heavy (non-hydrogen) atoms. The van der Waals surface area contributed by atoms with Gasteiger partial charge in [-0.25, -0.2) is 4.68 Å². The van der Waals surface area contributed by atoms with E-state index in [2.05, 4.69) is 15.3 Å². The molecule has 6 nitrogen and oxygen atoms in total. The van der Waals surface area contributed by atoms with E-state index < -0.39 is 23.3 Å². The Morgan fingerprint density at radius 2 is 1.74 bits per heavy atom. The van der Waals surface area contributed by atoms with Crippen molar-refractivity contribution in [2.75, 3.05) is 44.6 Å². The van der Waals surface area contributed by atoms with Gasteiger partial charge in [-0.3, -0.25) is 4.79 Å². The van der Waals surface area contributed by atoms with Gasteiger partial charge in [0.15, 0.2) is 5.69 Å². The van der Waals surface area contributed by atoms with Crippen molar-refractivity contribution < 1.29 is 18.0 Å². The van der Waals surface area contributed by atoms with Crippen LogP contribution in [0.2, 0.25) is 5.02 Å². The zero-order valence-corrected chi connectivity index (χ0v) is 22.2. The van der Waals surface area contributed by atoms with Crippen LogP contribution in [0.25, 0.3) is 5.69 Å². The second-order valence-electron chi connectivity index (χ2n) is 10.4. The molecule has 0 radical (unpaired) electrons. The van der Waals surface area contributed by atoms with Crippen LogP contribution in [0, 0.1) is 25.7 Å².